The van der Waals surface area contributed by atoms with Gasteiger partial charge in [0.05, 0.1) is 5.56 Å². The van der Waals surface area contributed by atoms with Crippen molar-refractivity contribution in [2.45, 2.75) is 20.3 Å². The predicted molar refractivity (Wildman–Crippen MR) is 101 cm³/mol. The average Bonchev–Trinajstić information content (AvgIpc) is 2.99. The van der Waals surface area contributed by atoms with E-state index in [2.05, 4.69) is 15.6 Å². The number of nitrogens with zero attached hydrogens (tertiary/aromatic N) is 1. The van der Waals surface area contributed by atoms with Gasteiger partial charge < -0.3 is 20.2 Å². The zero-order chi connectivity index (χ0) is 18.0. The van der Waals surface area contributed by atoms with E-state index in [1.807, 2.05) is 25.1 Å². The van der Waals surface area contributed by atoms with Crippen molar-refractivity contribution < 1.29 is 14.3 Å². The summed E-state index contributed by atoms with van der Waals surface area (Å²) in [5.41, 5.74) is 3.46. The van der Waals surface area contributed by atoms with Crippen molar-refractivity contribution in [3.63, 3.8) is 0 Å². The fourth-order valence-electron chi connectivity index (χ4n) is 2.31. The molecule has 0 saturated heterocycles. The van der Waals surface area contributed by atoms with Gasteiger partial charge in [-0.1, -0.05) is 13.0 Å². The number of oxazole rings is 1. The number of phenols is 1. The Hall–Kier alpha value is -2.93. The van der Waals surface area contributed by atoms with Gasteiger partial charge in [0.1, 0.15) is 11.3 Å². The number of aryl methyl sites for hydroxylation is 1. The van der Waals surface area contributed by atoms with Crippen molar-refractivity contribution in [2.75, 3.05) is 5.32 Å². The number of amides is 1. The van der Waals surface area contributed by atoms with Gasteiger partial charge in [-0.15, -0.1) is 0 Å². The summed E-state index contributed by atoms with van der Waals surface area (Å²) in [5, 5.41) is 15.8. The lowest BCUT2D eigenvalue weighted by molar-refractivity contribution is -0.119. The number of hydrogen-bond donors (Lipinski definition) is 3. The second-order valence-corrected chi connectivity index (χ2v) is 5.99. The lowest BCUT2D eigenvalue weighted by atomic mass is 10.1. The van der Waals surface area contributed by atoms with Crippen molar-refractivity contribution in [2.24, 2.45) is 0 Å². The van der Waals surface area contributed by atoms with Gasteiger partial charge in [-0.25, -0.2) is 4.98 Å². The molecule has 0 radical (unpaired) electrons. The van der Waals surface area contributed by atoms with E-state index in [0.29, 0.717) is 34.7 Å². The smallest absolute Gasteiger partial charge is 0.231 e. The summed E-state index contributed by atoms with van der Waals surface area (Å²) in [6.45, 7) is 3.71. The number of phenolic OH excluding ortho intramolecular Hbond substituents is 1. The Balaban J connectivity index is 1.90. The Labute approximate surface area is 149 Å². The van der Waals surface area contributed by atoms with E-state index >= 15 is 0 Å². The lowest BCUT2D eigenvalue weighted by Crippen LogP contribution is -2.33. The van der Waals surface area contributed by atoms with E-state index in [4.69, 9.17) is 16.6 Å². The quantitative estimate of drug-likeness (QED) is 0.490. The Bertz CT molecular complexity index is 965. The molecule has 0 aliphatic rings. The van der Waals surface area contributed by atoms with Crippen LogP contribution in [-0.4, -0.2) is 21.1 Å². The zero-order valence-electron chi connectivity index (χ0n) is 13.8. The van der Waals surface area contributed by atoms with Crippen molar-refractivity contribution in [1.29, 1.82) is 0 Å². The van der Waals surface area contributed by atoms with E-state index in [-0.39, 0.29) is 16.8 Å². The van der Waals surface area contributed by atoms with Gasteiger partial charge in [0.25, 0.3) is 0 Å². The van der Waals surface area contributed by atoms with Crippen LogP contribution in [0.25, 0.3) is 22.6 Å². The molecule has 128 valence electrons. The van der Waals surface area contributed by atoms with Crippen LogP contribution in [0.3, 0.4) is 0 Å². The highest BCUT2D eigenvalue weighted by molar-refractivity contribution is 7.80. The van der Waals surface area contributed by atoms with Crippen LogP contribution < -0.4 is 10.6 Å². The first-order chi connectivity index (χ1) is 12.0. The van der Waals surface area contributed by atoms with Gasteiger partial charge in [-0.3, -0.25) is 4.79 Å². The normalized spacial score (nSPS) is 10.6. The number of hydrogen-bond acceptors (Lipinski definition) is 5. The van der Waals surface area contributed by atoms with Crippen LogP contribution in [0.15, 0.2) is 40.8 Å². The maximum atomic E-state index is 11.4. The maximum absolute atomic E-state index is 11.4. The maximum Gasteiger partial charge on any atom is 0.231 e. The molecule has 3 N–H and O–H groups in total. The molecule has 6 nitrogen and oxygen atoms in total. The van der Waals surface area contributed by atoms with Gasteiger partial charge >= 0.3 is 0 Å². The molecule has 2 aromatic carbocycles. The third-order valence-corrected chi connectivity index (χ3v) is 3.81. The highest BCUT2D eigenvalue weighted by Crippen LogP contribution is 2.33. The number of anilines is 1. The summed E-state index contributed by atoms with van der Waals surface area (Å²) in [5.74, 6) is 0.174. The number of carbonyl (C=O) groups excluding carboxylic acids is 1. The molecule has 25 heavy (non-hydrogen) atoms. The number of benzene rings is 2. The molecule has 0 spiro atoms. The van der Waals surface area contributed by atoms with Crippen molar-refractivity contribution in [3.05, 3.63) is 42.0 Å². The van der Waals surface area contributed by atoms with E-state index < -0.39 is 0 Å². The monoisotopic (exact) mass is 355 g/mol. The van der Waals surface area contributed by atoms with Gasteiger partial charge in [0.2, 0.25) is 11.8 Å². The molecular formula is C18H17N3O3S. The second kappa shape index (κ2) is 6.90. The van der Waals surface area contributed by atoms with E-state index in [9.17, 15) is 9.90 Å². The summed E-state index contributed by atoms with van der Waals surface area (Å²) in [6.07, 6.45) is 0.338. The van der Waals surface area contributed by atoms with Crippen LogP contribution in [0.5, 0.6) is 5.75 Å². The first-order valence-electron chi connectivity index (χ1n) is 7.77. The fourth-order valence-corrected chi connectivity index (χ4v) is 2.54. The number of fused-ring (bicyclic) bond motifs is 1. The zero-order valence-corrected chi connectivity index (χ0v) is 14.6. The average molecular weight is 355 g/mol. The van der Waals surface area contributed by atoms with Crippen molar-refractivity contribution >= 4 is 40.0 Å². The topological polar surface area (TPSA) is 87.4 Å². The fraction of sp³-hybridized carbons (Fsp3) is 0.167. The third kappa shape index (κ3) is 3.77. The molecule has 7 heteroatoms. The van der Waals surface area contributed by atoms with Crippen molar-refractivity contribution in [1.82, 2.24) is 10.3 Å². The van der Waals surface area contributed by atoms with E-state index in [1.165, 1.54) is 6.07 Å². The second-order valence-electron chi connectivity index (χ2n) is 5.58. The number of nitrogens with one attached hydrogen (secondary N) is 2. The summed E-state index contributed by atoms with van der Waals surface area (Å²) in [6, 6.07) is 10.5. The molecule has 0 atom stereocenters. The molecule has 0 aliphatic carbocycles. The third-order valence-electron chi connectivity index (χ3n) is 3.60. The standard InChI is InChI=1S/C18H17N3O3S/c1-3-16(23)21-18(25)19-11-5-7-14(22)12(9-11)17-20-13-6-4-10(2)8-15(13)24-17/h4-9,22H,3H2,1-2H3,(H2,19,21,23,25). The Morgan fingerprint density at radius 3 is 2.84 bits per heavy atom. The molecule has 0 bridgehead atoms. The number of thiocarbonyl (C=S) groups is 1. The van der Waals surface area contributed by atoms with Gasteiger partial charge in [-0.05, 0) is 55.0 Å². The highest BCUT2D eigenvalue weighted by Gasteiger charge is 2.14. The lowest BCUT2D eigenvalue weighted by Gasteiger charge is -2.10. The van der Waals surface area contributed by atoms with Gasteiger partial charge in [-0.2, -0.15) is 0 Å². The Morgan fingerprint density at radius 1 is 1.28 bits per heavy atom. The number of aromatic nitrogens is 1. The summed E-state index contributed by atoms with van der Waals surface area (Å²) in [4.78, 5) is 15.8. The first-order valence-corrected chi connectivity index (χ1v) is 8.18. The number of rotatable bonds is 3. The minimum Gasteiger partial charge on any atom is -0.507 e. The first kappa shape index (κ1) is 16.9. The molecular weight excluding hydrogens is 338 g/mol. The molecule has 0 fully saturated rings. The summed E-state index contributed by atoms with van der Waals surface area (Å²) < 4.78 is 5.76. The predicted octanol–water partition coefficient (Wildman–Crippen LogP) is 3.73. The molecule has 1 heterocycles. The van der Waals surface area contributed by atoms with Crippen LogP contribution in [0, 0.1) is 6.92 Å². The summed E-state index contributed by atoms with van der Waals surface area (Å²) >= 11 is 5.09. The highest BCUT2D eigenvalue weighted by atomic mass is 32.1. The molecule has 0 aliphatic heterocycles. The molecule has 1 aromatic heterocycles. The van der Waals surface area contributed by atoms with Crippen LogP contribution in [0.4, 0.5) is 5.69 Å². The minimum atomic E-state index is -0.175. The SMILES string of the molecule is CCC(=O)NC(=S)Nc1ccc(O)c(-c2nc3ccc(C)cc3o2)c1. The molecule has 3 rings (SSSR count). The van der Waals surface area contributed by atoms with Gasteiger partial charge in [0.15, 0.2) is 10.7 Å². The Morgan fingerprint density at radius 2 is 2.08 bits per heavy atom. The summed E-state index contributed by atoms with van der Waals surface area (Å²) in [7, 11) is 0. The van der Waals surface area contributed by atoms with Crippen LogP contribution in [-0.2, 0) is 4.79 Å². The number of carbonyl (C=O) groups is 1. The van der Waals surface area contributed by atoms with Crippen LogP contribution >= 0.6 is 12.2 Å². The molecule has 3 aromatic rings. The van der Waals surface area contributed by atoms with E-state index in [0.717, 1.165) is 5.56 Å². The van der Waals surface area contributed by atoms with E-state index in [1.54, 1.807) is 19.1 Å². The minimum absolute atomic E-state index is 0.0392. The molecule has 0 unspecified atom stereocenters. The van der Waals surface area contributed by atoms with Gasteiger partial charge in [0, 0.05) is 12.1 Å². The molecule has 1 amide bonds. The van der Waals surface area contributed by atoms with Crippen LogP contribution in [0.1, 0.15) is 18.9 Å². The Kier molecular flexibility index (Phi) is 4.67. The van der Waals surface area contributed by atoms with Crippen LogP contribution in [0.2, 0.25) is 0 Å². The number of aromatic hydroxyl groups is 1. The largest absolute Gasteiger partial charge is 0.507 e. The van der Waals surface area contributed by atoms with Crippen molar-refractivity contribution in [3.8, 4) is 17.2 Å². The molecule has 0 saturated carbocycles.